The van der Waals surface area contributed by atoms with Gasteiger partial charge in [-0.05, 0) is 40.8 Å². The molecule has 1 aromatic heterocycles. The fourth-order valence-corrected chi connectivity index (χ4v) is 5.64. The highest BCUT2D eigenvalue weighted by Crippen LogP contribution is 2.28. The number of alkyl halides is 1. The molecule has 1 aliphatic heterocycles. The maximum absolute atomic E-state index is 6.06. The summed E-state index contributed by atoms with van der Waals surface area (Å²) in [6, 6.07) is 6.44. The molecule has 0 amide bonds. The lowest BCUT2D eigenvalue weighted by Crippen LogP contribution is -2.21. The van der Waals surface area contributed by atoms with Gasteiger partial charge in [-0.3, -0.25) is 0 Å². The standard InChI is InChI=1S/C13H14ClIN2S2/c14-6-13-16-11-5-9(15)1-2-12(11)17(13)7-10-8-18-3-4-19-10/h1-2,5,10H,3-4,6-8H2. The van der Waals surface area contributed by atoms with Crippen molar-refractivity contribution in [1.29, 1.82) is 0 Å². The van der Waals surface area contributed by atoms with Gasteiger partial charge in [0.25, 0.3) is 0 Å². The second-order valence-electron chi connectivity index (χ2n) is 4.47. The topological polar surface area (TPSA) is 17.8 Å². The van der Waals surface area contributed by atoms with Crippen LogP contribution in [0.4, 0.5) is 0 Å². The summed E-state index contributed by atoms with van der Waals surface area (Å²) in [7, 11) is 0. The number of thioether (sulfide) groups is 2. The van der Waals surface area contributed by atoms with E-state index in [9.17, 15) is 0 Å². The molecule has 1 unspecified atom stereocenters. The number of hydrogen-bond acceptors (Lipinski definition) is 3. The quantitative estimate of drug-likeness (QED) is 0.542. The maximum Gasteiger partial charge on any atom is 0.124 e. The lowest BCUT2D eigenvalue weighted by atomic mass is 10.3. The van der Waals surface area contributed by atoms with Crippen LogP contribution in [0.1, 0.15) is 5.82 Å². The van der Waals surface area contributed by atoms with Crippen molar-refractivity contribution in [2.24, 2.45) is 0 Å². The Morgan fingerprint density at radius 2 is 2.32 bits per heavy atom. The third-order valence-corrected chi connectivity index (χ3v) is 6.92. The molecule has 0 bridgehead atoms. The van der Waals surface area contributed by atoms with Crippen LogP contribution in [0.15, 0.2) is 18.2 Å². The van der Waals surface area contributed by atoms with Crippen LogP contribution in [0.25, 0.3) is 11.0 Å². The molecule has 0 N–H and O–H groups in total. The first-order chi connectivity index (χ1) is 9.28. The molecule has 2 aromatic rings. The predicted molar refractivity (Wildman–Crippen MR) is 95.6 cm³/mol. The van der Waals surface area contributed by atoms with Crippen LogP contribution < -0.4 is 0 Å². The summed E-state index contributed by atoms with van der Waals surface area (Å²) in [5.41, 5.74) is 2.28. The van der Waals surface area contributed by atoms with Gasteiger partial charge < -0.3 is 4.57 Å². The van der Waals surface area contributed by atoms with Crippen LogP contribution in [0.2, 0.25) is 0 Å². The first-order valence-corrected chi connectivity index (χ1v) is 9.99. The Balaban J connectivity index is 1.95. The molecule has 1 aliphatic rings. The van der Waals surface area contributed by atoms with E-state index in [4.69, 9.17) is 11.6 Å². The summed E-state index contributed by atoms with van der Waals surface area (Å²) in [5, 5.41) is 0.678. The maximum atomic E-state index is 6.06. The van der Waals surface area contributed by atoms with Crippen molar-refractivity contribution in [2.75, 3.05) is 17.3 Å². The molecule has 6 heteroatoms. The number of hydrogen-bond donors (Lipinski definition) is 0. The van der Waals surface area contributed by atoms with Gasteiger partial charge in [0.05, 0.1) is 16.9 Å². The average Bonchev–Trinajstić information content (AvgIpc) is 2.77. The highest BCUT2D eigenvalue weighted by Gasteiger charge is 2.18. The van der Waals surface area contributed by atoms with Crippen molar-refractivity contribution in [3.05, 3.63) is 27.6 Å². The van der Waals surface area contributed by atoms with E-state index in [2.05, 4.69) is 73.9 Å². The Labute approximate surface area is 140 Å². The zero-order valence-corrected chi connectivity index (χ0v) is 14.9. The van der Waals surface area contributed by atoms with Gasteiger partial charge in [0, 0.05) is 32.6 Å². The second-order valence-corrected chi connectivity index (χ2v) is 8.54. The smallest absolute Gasteiger partial charge is 0.124 e. The first kappa shape index (κ1) is 14.4. The molecule has 2 heterocycles. The van der Waals surface area contributed by atoms with E-state index in [1.54, 1.807) is 0 Å². The van der Waals surface area contributed by atoms with E-state index >= 15 is 0 Å². The second kappa shape index (κ2) is 6.45. The van der Waals surface area contributed by atoms with Gasteiger partial charge >= 0.3 is 0 Å². The van der Waals surface area contributed by atoms with Crippen LogP contribution in [-0.4, -0.2) is 32.1 Å². The largest absolute Gasteiger partial charge is 0.326 e. The van der Waals surface area contributed by atoms with E-state index in [0.717, 1.165) is 17.9 Å². The number of imidazole rings is 1. The Kier molecular flexibility index (Phi) is 4.87. The van der Waals surface area contributed by atoms with E-state index in [-0.39, 0.29) is 0 Å². The Hall–Kier alpha value is 0.410. The molecule has 102 valence electrons. The van der Waals surface area contributed by atoms with Gasteiger partial charge in [-0.1, -0.05) is 0 Å². The van der Waals surface area contributed by atoms with E-state index in [1.165, 1.54) is 26.3 Å². The number of nitrogens with zero attached hydrogens (tertiary/aromatic N) is 2. The highest BCUT2D eigenvalue weighted by atomic mass is 127. The van der Waals surface area contributed by atoms with Crippen molar-refractivity contribution >= 4 is 68.7 Å². The summed E-state index contributed by atoms with van der Waals surface area (Å²) < 4.78 is 3.53. The molecule has 19 heavy (non-hydrogen) atoms. The van der Waals surface area contributed by atoms with Crippen molar-refractivity contribution in [2.45, 2.75) is 17.7 Å². The van der Waals surface area contributed by atoms with Crippen LogP contribution in [0.3, 0.4) is 0 Å². The Bertz CT molecular complexity index is 581. The number of aromatic nitrogens is 2. The fourth-order valence-electron chi connectivity index (χ4n) is 2.30. The lowest BCUT2D eigenvalue weighted by Gasteiger charge is -2.22. The zero-order valence-electron chi connectivity index (χ0n) is 10.3. The predicted octanol–water partition coefficient (Wildman–Crippen LogP) is 4.23. The SMILES string of the molecule is ClCc1nc2cc(I)ccc2n1CC1CSCCS1. The van der Waals surface area contributed by atoms with Gasteiger partial charge in [-0.25, -0.2) is 4.98 Å². The Morgan fingerprint density at radius 1 is 1.42 bits per heavy atom. The molecule has 3 rings (SSSR count). The third-order valence-electron chi connectivity index (χ3n) is 3.18. The van der Waals surface area contributed by atoms with E-state index in [1.807, 2.05) is 0 Å². The van der Waals surface area contributed by atoms with Gasteiger partial charge in [0.15, 0.2) is 0 Å². The van der Waals surface area contributed by atoms with Crippen molar-refractivity contribution in [1.82, 2.24) is 9.55 Å². The molecule has 0 radical (unpaired) electrons. The first-order valence-electron chi connectivity index (χ1n) is 6.18. The average molecular weight is 425 g/mol. The van der Waals surface area contributed by atoms with Gasteiger partial charge in [-0.15, -0.1) is 11.6 Å². The molecule has 1 fully saturated rings. The summed E-state index contributed by atoms with van der Waals surface area (Å²) in [4.78, 5) is 4.67. The Morgan fingerprint density at radius 3 is 3.05 bits per heavy atom. The molecule has 1 aromatic carbocycles. The molecule has 1 atom stereocenters. The van der Waals surface area contributed by atoms with Gasteiger partial charge in [0.1, 0.15) is 5.82 Å². The monoisotopic (exact) mass is 424 g/mol. The zero-order chi connectivity index (χ0) is 13.2. The van der Waals surface area contributed by atoms with Crippen LogP contribution in [0.5, 0.6) is 0 Å². The third kappa shape index (κ3) is 3.19. The molecule has 0 saturated carbocycles. The minimum absolute atomic E-state index is 0.482. The highest BCUT2D eigenvalue weighted by molar-refractivity contribution is 14.1. The molecule has 1 saturated heterocycles. The lowest BCUT2D eigenvalue weighted by molar-refractivity contribution is 0.687. The van der Waals surface area contributed by atoms with Crippen LogP contribution in [0, 0.1) is 3.57 Å². The van der Waals surface area contributed by atoms with Crippen LogP contribution >= 0.6 is 57.7 Å². The number of halogens is 2. The summed E-state index contributed by atoms with van der Waals surface area (Å²) in [6.45, 7) is 1.02. The number of fused-ring (bicyclic) bond motifs is 1. The van der Waals surface area contributed by atoms with Crippen molar-refractivity contribution in [3.63, 3.8) is 0 Å². The molecular weight excluding hydrogens is 411 g/mol. The molecule has 0 spiro atoms. The summed E-state index contributed by atoms with van der Waals surface area (Å²) in [6.07, 6.45) is 0. The number of rotatable bonds is 3. The van der Waals surface area contributed by atoms with Crippen LogP contribution in [-0.2, 0) is 12.4 Å². The van der Waals surface area contributed by atoms with E-state index in [0.29, 0.717) is 11.1 Å². The summed E-state index contributed by atoms with van der Waals surface area (Å²) >= 11 is 12.5. The van der Waals surface area contributed by atoms with Crippen molar-refractivity contribution < 1.29 is 0 Å². The number of benzene rings is 1. The van der Waals surface area contributed by atoms with Gasteiger partial charge in [-0.2, -0.15) is 23.5 Å². The van der Waals surface area contributed by atoms with E-state index < -0.39 is 0 Å². The molecule has 0 aliphatic carbocycles. The fraction of sp³-hybridized carbons (Fsp3) is 0.462. The molecule has 2 nitrogen and oxygen atoms in total. The minimum Gasteiger partial charge on any atom is -0.326 e. The van der Waals surface area contributed by atoms with Gasteiger partial charge in [0.2, 0.25) is 0 Å². The van der Waals surface area contributed by atoms with Crippen molar-refractivity contribution in [3.8, 4) is 0 Å². The normalized spacial score (nSPS) is 20.0. The summed E-state index contributed by atoms with van der Waals surface area (Å²) in [5.74, 6) is 5.25. The minimum atomic E-state index is 0.482. The molecular formula is C13H14ClIN2S2.